The third-order valence-electron chi connectivity index (χ3n) is 5.14. The zero-order valence-corrected chi connectivity index (χ0v) is 14.9. The molecule has 2 fully saturated rings. The standard InChI is InChI=1S/C19H28N2O4/c1-15-2-4-18(5-3-15)25-14-19(23)21-11-16(17(12-21)13-22)10-20-6-8-24-9-7-20/h2-5,16-17,22H,6-14H2,1H3. The summed E-state index contributed by atoms with van der Waals surface area (Å²) in [6, 6.07) is 7.69. The molecule has 25 heavy (non-hydrogen) atoms. The first-order chi connectivity index (χ1) is 12.2. The van der Waals surface area contributed by atoms with Crippen molar-refractivity contribution in [3.05, 3.63) is 29.8 Å². The topological polar surface area (TPSA) is 62.2 Å². The van der Waals surface area contributed by atoms with Crippen LogP contribution in [0.2, 0.25) is 0 Å². The number of hydrogen-bond donors (Lipinski definition) is 1. The fraction of sp³-hybridized carbons (Fsp3) is 0.632. The highest BCUT2D eigenvalue weighted by atomic mass is 16.5. The number of morpholine rings is 1. The molecule has 1 aromatic rings. The molecule has 0 saturated carbocycles. The second-order valence-corrected chi connectivity index (χ2v) is 7.02. The van der Waals surface area contributed by atoms with Crippen LogP contribution in [0.4, 0.5) is 0 Å². The quantitative estimate of drug-likeness (QED) is 0.823. The van der Waals surface area contributed by atoms with E-state index < -0.39 is 0 Å². The van der Waals surface area contributed by atoms with Gasteiger partial charge in [-0.2, -0.15) is 0 Å². The summed E-state index contributed by atoms with van der Waals surface area (Å²) in [6.45, 7) is 7.80. The van der Waals surface area contributed by atoms with Gasteiger partial charge in [0, 0.05) is 45.2 Å². The van der Waals surface area contributed by atoms with Crippen molar-refractivity contribution < 1.29 is 19.4 Å². The van der Waals surface area contributed by atoms with Gasteiger partial charge in [-0.25, -0.2) is 0 Å². The van der Waals surface area contributed by atoms with E-state index in [9.17, 15) is 9.90 Å². The number of aliphatic hydroxyl groups excluding tert-OH is 1. The minimum absolute atomic E-state index is 0.0106. The van der Waals surface area contributed by atoms with E-state index in [-0.39, 0.29) is 25.0 Å². The van der Waals surface area contributed by atoms with E-state index in [4.69, 9.17) is 9.47 Å². The van der Waals surface area contributed by atoms with Crippen molar-refractivity contribution in [2.45, 2.75) is 6.92 Å². The summed E-state index contributed by atoms with van der Waals surface area (Å²) < 4.78 is 11.0. The Morgan fingerprint density at radius 3 is 2.56 bits per heavy atom. The lowest BCUT2D eigenvalue weighted by Crippen LogP contribution is -2.41. The van der Waals surface area contributed by atoms with Gasteiger partial charge >= 0.3 is 0 Å². The summed E-state index contributed by atoms with van der Waals surface area (Å²) in [5, 5.41) is 9.69. The Bertz CT molecular complexity index is 557. The summed E-state index contributed by atoms with van der Waals surface area (Å²) in [4.78, 5) is 16.7. The van der Waals surface area contributed by atoms with Gasteiger partial charge in [0.05, 0.1) is 13.2 Å². The van der Waals surface area contributed by atoms with Crippen molar-refractivity contribution in [3.63, 3.8) is 0 Å². The first-order valence-corrected chi connectivity index (χ1v) is 9.04. The Morgan fingerprint density at radius 2 is 1.88 bits per heavy atom. The number of likely N-dealkylation sites (tertiary alicyclic amines) is 1. The van der Waals surface area contributed by atoms with Crippen molar-refractivity contribution in [2.75, 3.05) is 59.2 Å². The molecule has 6 heteroatoms. The average Bonchev–Trinajstić information content (AvgIpc) is 3.05. The second-order valence-electron chi connectivity index (χ2n) is 7.02. The van der Waals surface area contributed by atoms with E-state index in [0.717, 1.165) is 38.4 Å². The zero-order chi connectivity index (χ0) is 17.6. The molecule has 2 saturated heterocycles. The highest BCUT2D eigenvalue weighted by molar-refractivity contribution is 5.78. The molecule has 138 valence electrons. The first kappa shape index (κ1) is 18.2. The van der Waals surface area contributed by atoms with E-state index >= 15 is 0 Å². The van der Waals surface area contributed by atoms with E-state index in [0.29, 0.717) is 24.8 Å². The largest absolute Gasteiger partial charge is 0.484 e. The number of carbonyl (C=O) groups excluding carboxylic acids is 1. The number of ether oxygens (including phenoxy) is 2. The maximum absolute atomic E-state index is 12.5. The van der Waals surface area contributed by atoms with Gasteiger partial charge in [0.15, 0.2) is 6.61 Å². The maximum Gasteiger partial charge on any atom is 0.260 e. The predicted octanol–water partition coefficient (Wildman–Crippen LogP) is 0.773. The number of hydrogen-bond acceptors (Lipinski definition) is 5. The normalized spacial score (nSPS) is 24.5. The van der Waals surface area contributed by atoms with Gasteiger partial charge in [0.25, 0.3) is 5.91 Å². The molecular weight excluding hydrogens is 320 g/mol. The average molecular weight is 348 g/mol. The number of carbonyl (C=O) groups is 1. The Balaban J connectivity index is 1.49. The van der Waals surface area contributed by atoms with Gasteiger partial charge in [-0.15, -0.1) is 0 Å². The molecule has 1 aromatic carbocycles. The molecule has 3 rings (SSSR count). The van der Waals surface area contributed by atoms with Crippen LogP contribution in [-0.2, 0) is 9.53 Å². The van der Waals surface area contributed by atoms with Crippen LogP contribution in [-0.4, -0.2) is 80.0 Å². The van der Waals surface area contributed by atoms with Crippen LogP contribution in [0.15, 0.2) is 24.3 Å². The van der Waals surface area contributed by atoms with Crippen LogP contribution < -0.4 is 4.74 Å². The summed E-state index contributed by atoms with van der Waals surface area (Å²) in [7, 11) is 0. The fourth-order valence-corrected chi connectivity index (χ4v) is 3.54. The van der Waals surface area contributed by atoms with Crippen molar-refractivity contribution >= 4 is 5.91 Å². The van der Waals surface area contributed by atoms with Crippen LogP contribution in [0.5, 0.6) is 5.75 Å². The number of aliphatic hydroxyl groups is 1. The van der Waals surface area contributed by atoms with E-state index in [2.05, 4.69) is 4.90 Å². The third-order valence-corrected chi connectivity index (χ3v) is 5.14. The van der Waals surface area contributed by atoms with Gasteiger partial charge in [0.2, 0.25) is 0 Å². The molecule has 6 nitrogen and oxygen atoms in total. The summed E-state index contributed by atoms with van der Waals surface area (Å²) in [6.07, 6.45) is 0. The van der Waals surface area contributed by atoms with Crippen molar-refractivity contribution in [1.82, 2.24) is 9.80 Å². The highest BCUT2D eigenvalue weighted by Gasteiger charge is 2.36. The van der Waals surface area contributed by atoms with Gasteiger partial charge < -0.3 is 19.5 Å². The number of benzene rings is 1. The van der Waals surface area contributed by atoms with Crippen LogP contribution in [0.1, 0.15) is 5.56 Å². The van der Waals surface area contributed by atoms with Gasteiger partial charge in [-0.05, 0) is 25.0 Å². The van der Waals surface area contributed by atoms with Crippen LogP contribution in [0, 0.1) is 18.8 Å². The Labute approximate surface area is 149 Å². The number of amides is 1. The molecule has 2 heterocycles. The molecular formula is C19H28N2O4. The molecule has 0 bridgehead atoms. The molecule has 2 aliphatic rings. The lowest BCUT2D eigenvalue weighted by Gasteiger charge is -2.30. The Hall–Kier alpha value is -1.63. The molecule has 0 radical (unpaired) electrons. The zero-order valence-electron chi connectivity index (χ0n) is 14.9. The molecule has 1 N–H and O–H groups in total. The van der Waals surface area contributed by atoms with Crippen molar-refractivity contribution in [3.8, 4) is 5.75 Å². The number of nitrogens with zero attached hydrogens (tertiary/aromatic N) is 2. The van der Waals surface area contributed by atoms with Crippen LogP contribution in [0.25, 0.3) is 0 Å². The second kappa shape index (κ2) is 8.65. The van der Waals surface area contributed by atoms with Gasteiger partial charge in [-0.1, -0.05) is 17.7 Å². The van der Waals surface area contributed by atoms with Crippen LogP contribution in [0.3, 0.4) is 0 Å². The molecule has 0 aliphatic carbocycles. The monoisotopic (exact) mass is 348 g/mol. The SMILES string of the molecule is Cc1ccc(OCC(=O)N2CC(CO)C(CN3CCOCC3)C2)cc1. The van der Waals surface area contributed by atoms with Crippen molar-refractivity contribution in [1.29, 1.82) is 0 Å². The molecule has 0 spiro atoms. The highest BCUT2D eigenvalue weighted by Crippen LogP contribution is 2.25. The van der Waals surface area contributed by atoms with E-state index in [1.807, 2.05) is 36.1 Å². The summed E-state index contributed by atoms with van der Waals surface area (Å²) in [5.41, 5.74) is 1.16. The van der Waals surface area contributed by atoms with Gasteiger partial charge in [0.1, 0.15) is 5.75 Å². The van der Waals surface area contributed by atoms with Crippen LogP contribution >= 0.6 is 0 Å². The summed E-state index contributed by atoms with van der Waals surface area (Å²) in [5.74, 6) is 1.16. The lowest BCUT2D eigenvalue weighted by molar-refractivity contribution is -0.132. The molecule has 2 aliphatic heterocycles. The lowest BCUT2D eigenvalue weighted by atomic mass is 9.96. The van der Waals surface area contributed by atoms with E-state index in [1.165, 1.54) is 0 Å². The first-order valence-electron chi connectivity index (χ1n) is 9.04. The molecule has 2 atom stereocenters. The fourth-order valence-electron chi connectivity index (χ4n) is 3.54. The molecule has 2 unspecified atom stereocenters. The minimum atomic E-state index is -0.0106. The van der Waals surface area contributed by atoms with Gasteiger partial charge in [-0.3, -0.25) is 9.69 Å². The summed E-state index contributed by atoms with van der Waals surface area (Å²) >= 11 is 0. The maximum atomic E-state index is 12.5. The predicted molar refractivity (Wildman–Crippen MR) is 94.6 cm³/mol. The third kappa shape index (κ3) is 4.93. The Morgan fingerprint density at radius 1 is 1.20 bits per heavy atom. The molecule has 0 aromatic heterocycles. The number of rotatable bonds is 6. The number of aryl methyl sites for hydroxylation is 1. The minimum Gasteiger partial charge on any atom is -0.484 e. The Kier molecular flexibility index (Phi) is 6.29. The van der Waals surface area contributed by atoms with Crippen molar-refractivity contribution in [2.24, 2.45) is 11.8 Å². The van der Waals surface area contributed by atoms with E-state index in [1.54, 1.807) is 0 Å². The molecule has 1 amide bonds. The smallest absolute Gasteiger partial charge is 0.260 e.